The molecule has 12 heteroatoms. The van der Waals surface area contributed by atoms with Crippen molar-refractivity contribution in [3.8, 4) is 16.2 Å². The normalized spacial score (nSPS) is 11.5. The molecule has 0 spiro atoms. The number of aromatic amines is 1. The Hall–Kier alpha value is -3.70. The first-order valence-corrected chi connectivity index (χ1v) is 11.0. The third-order valence-electron chi connectivity index (χ3n) is 5.42. The highest BCUT2D eigenvalue weighted by Gasteiger charge is 2.19. The maximum absolute atomic E-state index is 12.8. The van der Waals surface area contributed by atoms with E-state index in [-0.39, 0.29) is 28.6 Å². The molecule has 4 heterocycles. The van der Waals surface area contributed by atoms with Crippen LogP contribution in [-0.2, 0) is 20.6 Å². The fraction of sp³-hybridized carbons (Fsp3) is 0.190. The zero-order chi connectivity index (χ0) is 23.4. The van der Waals surface area contributed by atoms with Crippen molar-refractivity contribution >= 4 is 44.3 Å². The summed E-state index contributed by atoms with van der Waals surface area (Å²) in [5.74, 6) is 1.05. The third kappa shape index (κ3) is 3.36. The topological polar surface area (TPSA) is 117 Å². The van der Waals surface area contributed by atoms with Crippen LogP contribution in [0.1, 0.15) is 5.82 Å². The third-order valence-corrected chi connectivity index (χ3v) is 6.88. The first-order valence-electron chi connectivity index (χ1n) is 9.77. The fourth-order valence-corrected chi connectivity index (χ4v) is 4.90. The number of hydrogen-bond acceptors (Lipinski definition) is 7. The number of rotatable bonds is 4. The molecule has 0 aliphatic rings. The van der Waals surface area contributed by atoms with E-state index in [4.69, 9.17) is 16.3 Å². The van der Waals surface area contributed by atoms with Gasteiger partial charge in [0.2, 0.25) is 5.28 Å². The molecular formula is C21H17ClN6O4S. The minimum atomic E-state index is -0.534. The summed E-state index contributed by atoms with van der Waals surface area (Å²) in [5.41, 5.74) is 0.448. The van der Waals surface area contributed by atoms with Crippen LogP contribution in [0.5, 0.6) is 5.75 Å². The lowest BCUT2D eigenvalue weighted by molar-refractivity contribution is 0.415. The smallest absolute Gasteiger partial charge is 0.332 e. The number of halogens is 1. The van der Waals surface area contributed by atoms with Crippen LogP contribution in [0.25, 0.3) is 31.8 Å². The predicted molar refractivity (Wildman–Crippen MR) is 127 cm³/mol. The zero-order valence-electron chi connectivity index (χ0n) is 17.7. The van der Waals surface area contributed by atoms with E-state index in [9.17, 15) is 14.4 Å². The van der Waals surface area contributed by atoms with Gasteiger partial charge in [-0.2, -0.15) is 4.98 Å². The Bertz CT molecular complexity index is 1730. The second-order valence-electron chi connectivity index (χ2n) is 7.41. The van der Waals surface area contributed by atoms with Gasteiger partial charge in [0.1, 0.15) is 16.3 Å². The Labute approximate surface area is 194 Å². The Balaban J connectivity index is 1.61. The Morgan fingerprint density at radius 2 is 1.82 bits per heavy atom. The average Bonchev–Trinajstić information content (AvgIpc) is 3.38. The molecule has 0 amide bonds. The molecule has 0 atom stereocenters. The summed E-state index contributed by atoms with van der Waals surface area (Å²) in [7, 11) is 4.49. The van der Waals surface area contributed by atoms with E-state index in [0.717, 1.165) is 20.8 Å². The summed E-state index contributed by atoms with van der Waals surface area (Å²) in [4.78, 5) is 50.1. The molecule has 5 aromatic rings. The van der Waals surface area contributed by atoms with Crippen molar-refractivity contribution in [2.75, 3.05) is 7.11 Å². The molecule has 10 nitrogen and oxygen atoms in total. The van der Waals surface area contributed by atoms with Crippen molar-refractivity contribution in [2.45, 2.75) is 6.54 Å². The number of imidazole rings is 1. The first kappa shape index (κ1) is 21.2. The van der Waals surface area contributed by atoms with E-state index in [1.807, 2.05) is 30.3 Å². The van der Waals surface area contributed by atoms with Crippen LogP contribution in [0.2, 0.25) is 5.28 Å². The highest BCUT2D eigenvalue weighted by atomic mass is 35.5. The van der Waals surface area contributed by atoms with Gasteiger partial charge < -0.3 is 14.3 Å². The van der Waals surface area contributed by atoms with Crippen LogP contribution in [0.15, 0.2) is 44.7 Å². The highest BCUT2D eigenvalue weighted by molar-refractivity contribution is 7.22. The molecule has 0 saturated carbocycles. The van der Waals surface area contributed by atoms with Crippen LogP contribution in [0.4, 0.5) is 0 Å². The summed E-state index contributed by atoms with van der Waals surface area (Å²) < 4.78 is 9.34. The van der Waals surface area contributed by atoms with E-state index in [1.165, 1.54) is 34.6 Å². The molecule has 0 bridgehead atoms. The first-order chi connectivity index (χ1) is 15.8. The molecule has 1 N–H and O–H groups in total. The minimum Gasteiger partial charge on any atom is -0.497 e. The lowest BCUT2D eigenvalue weighted by atomic mass is 10.2. The van der Waals surface area contributed by atoms with Gasteiger partial charge in [0.15, 0.2) is 11.2 Å². The number of thiophene rings is 1. The largest absolute Gasteiger partial charge is 0.497 e. The van der Waals surface area contributed by atoms with Crippen molar-refractivity contribution in [2.24, 2.45) is 14.1 Å². The number of aromatic nitrogens is 6. The Morgan fingerprint density at radius 1 is 1.09 bits per heavy atom. The molecular weight excluding hydrogens is 468 g/mol. The molecule has 0 fully saturated rings. The van der Waals surface area contributed by atoms with Crippen LogP contribution >= 0.6 is 22.9 Å². The molecule has 0 saturated heterocycles. The molecule has 0 unspecified atom stereocenters. The number of fused-ring (bicyclic) bond motifs is 2. The molecule has 168 valence electrons. The van der Waals surface area contributed by atoms with E-state index >= 15 is 0 Å². The van der Waals surface area contributed by atoms with Crippen molar-refractivity contribution in [1.29, 1.82) is 0 Å². The highest BCUT2D eigenvalue weighted by Crippen LogP contribution is 2.32. The van der Waals surface area contributed by atoms with Crippen LogP contribution in [0, 0.1) is 0 Å². The van der Waals surface area contributed by atoms with Crippen LogP contribution in [-0.4, -0.2) is 35.8 Å². The Kier molecular flexibility index (Phi) is 4.94. The molecule has 0 radical (unpaired) electrons. The molecule has 4 aromatic heterocycles. The molecule has 1 aromatic carbocycles. The number of nitrogens with one attached hydrogen (secondary N) is 1. The van der Waals surface area contributed by atoms with Gasteiger partial charge in [0, 0.05) is 19.0 Å². The maximum atomic E-state index is 12.8. The van der Waals surface area contributed by atoms with Gasteiger partial charge in [-0.25, -0.2) is 9.78 Å². The number of methoxy groups -OCH3 is 1. The number of ether oxygens (including phenoxy) is 1. The van der Waals surface area contributed by atoms with Crippen molar-refractivity contribution in [1.82, 2.24) is 28.7 Å². The van der Waals surface area contributed by atoms with Gasteiger partial charge >= 0.3 is 5.69 Å². The van der Waals surface area contributed by atoms with Gasteiger partial charge in [0.25, 0.3) is 11.1 Å². The number of hydrogen-bond donors (Lipinski definition) is 1. The second kappa shape index (κ2) is 7.71. The Morgan fingerprint density at radius 3 is 2.52 bits per heavy atom. The SMILES string of the molecule is COc1ccc(-c2cc3nc(Cn4c(Cl)nc5c4c(=O)n(C)c(=O)n5C)[nH]c(=O)c3s2)cc1. The fourth-order valence-electron chi connectivity index (χ4n) is 3.67. The minimum absolute atomic E-state index is 0.00166. The number of nitrogens with zero attached hydrogens (tertiary/aromatic N) is 5. The molecule has 33 heavy (non-hydrogen) atoms. The van der Waals surface area contributed by atoms with Crippen molar-refractivity contribution in [3.05, 3.63) is 72.6 Å². The quantitative estimate of drug-likeness (QED) is 0.390. The van der Waals surface area contributed by atoms with Gasteiger partial charge in [-0.1, -0.05) is 0 Å². The van der Waals surface area contributed by atoms with E-state index < -0.39 is 11.2 Å². The lowest BCUT2D eigenvalue weighted by Crippen LogP contribution is -2.37. The van der Waals surface area contributed by atoms with Crippen molar-refractivity contribution in [3.63, 3.8) is 0 Å². The van der Waals surface area contributed by atoms with Crippen LogP contribution in [0.3, 0.4) is 0 Å². The number of aryl methyl sites for hydroxylation is 1. The van der Waals surface area contributed by atoms with Gasteiger partial charge in [-0.3, -0.25) is 18.7 Å². The van der Waals surface area contributed by atoms with E-state index in [0.29, 0.717) is 16.0 Å². The zero-order valence-corrected chi connectivity index (χ0v) is 19.3. The van der Waals surface area contributed by atoms with Crippen LogP contribution < -0.4 is 21.5 Å². The summed E-state index contributed by atoms with van der Waals surface area (Å²) in [6.07, 6.45) is 0. The summed E-state index contributed by atoms with van der Waals surface area (Å²) in [6, 6.07) is 9.37. The standard InChI is InChI=1S/C21H17ClN6O4S/c1-26-17-15(19(30)27(2)21(26)31)28(20(22)25-17)9-14-23-12-8-13(33-16(12)18(29)24-14)10-4-6-11(32-3)7-5-10/h4-8H,9H2,1-3H3,(H,23,24,29). The van der Waals surface area contributed by atoms with E-state index in [2.05, 4.69) is 15.0 Å². The van der Waals surface area contributed by atoms with E-state index in [1.54, 1.807) is 7.11 Å². The molecule has 5 rings (SSSR count). The maximum Gasteiger partial charge on any atom is 0.332 e. The second-order valence-corrected chi connectivity index (χ2v) is 8.80. The summed E-state index contributed by atoms with van der Waals surface area (Å²) >= 11 is 7.63. The van der Waals surface area contributed by atoms with Gasteiger partial charge in [0.05, 0.1) is 19.2 Å². The van der Waals surface area contributed by atoms with Crippen molar-refractivity contribution < 1.29 is 4.74 Å². The lowest BCUT2D eigenvalue weighted by Gasteiger charge is -2.07. The molecule has 0 aliphatic heterocycles. The summed E-state index contributed by atoms with van der Waals surface area (Å²) in [6.45, 7) is 0.00166. The average molecular weight is 485 g/mol. The predicted octanol–water partition coefficient (Wildman–Crippen LogP) is 2.11. The summed E-state index contributed by atoms with van der Waals surface area (Å²) in [5, 5.41) is 0.00952. The monoisotopic (exact) mass is 484 g/mol. The van der Waals surface area contributed by atoms with Gasteiger partial charge in [-0.15, -0.1) is 11.3 Å². The molecule has 0 aliphatic carbocycles. The van der Waals surface area contributed by atoms with Gasteiger partial charge in [-0.05, 0) is 47.5 Å². The number of H-pyrrole nitrogens is 1. The number of benzene rings is 1.